The van der Waals surface area contributed by atoms with E-state index in [4.69, 9.17) is 4.99 Å². The molecule has 0 aromatic rings. The van der Waals surface area contributed by atoms with E-state index in [9.17, 15) is 4.79 Å². The summed E-state index contributed by atoms with van der Waals surface area (Å²) in [4.78, 5) is 23.8. The van der Waals surface area contributed by atoms with Crippen LogP contribution in [-0.4, -0.2) is 98.6 Å². The minimum atomic E-state index is 0.0661. The number of guanidine groups is 1. The average Bonchev–Trinajstić information content (AvgIpc) is 3.19. The number of hydrogen-bond acceptors (Lipinski definition) is 4. The lowest BCUT2D eigenvalue weighted by Gasteiger charge is -2.35. The molecule has 2 N–H and O–H groups in total. The maximum atomic E-state index is 12.3. The van der Waals surface area contributed by atoms with Crippen LogP contribution in [-0.2, 0) is 4.79 Å². The predicted molar refractivity (Wildman–Crippen MR) is 121 cm³/mol. The second-order valence-corrected chi connectivity index (χ2v) is 8.56. The molecule has 2 heterocycles. The van der Waals surface area contributed by atoms with Crippen LogP contribution >= 0.6 is 0 Å². The quantitative estimate of drug-likeness (QED) is 0.328. The fraction of sp³-hybridized carbons (Fsp3) is 0.909. The molecular weight excluding hydrogens is 364 g/mol. The molecule has 0 aromatic carbocycles. The van der Waals surface area contributed by atoms with Gasteiger partial charge in [-0.2, -0.15) is 0 Å². The third-order valence-electron chi connectivity index (χ3n) is 6.22. The van der Waals surface area contributed by atoms with E-state index < -0.39 is 0 Å². The van der Waals surface area contributed by atoms with Crippen molar-refractivity contribution < 1.29 is 4.79 Å². The SMILES string of the molecule is CCNC(=NCCCN1CCCC1C(=O)N(C)C)NCCN1CCCCC1CC. The molecule has 168 valence electrons. The summed E-state index contributed by atoms with van der Waals surface area (Å²) in [5, 5.41) is 6.87. The smallest absolute Gasteiger partial charge is 0.239 e. The first kappa shape index (κ1) is 23.9. The molecule has 2 fully saturated rings. The largest absolute Gasteiger partial charge is 0.357 e. The van der Waals surface area contributed by atoms with Gasteiger partial charge in [0.15, 0.2) is 5.96 Å². The fourth-order valence-electron chi connectivity index (χ4n) is 4.61. The lowest BCUT2D eigenvalue weighted by molar-refractivity contribution is -0.133. The Balaban J connectivity index is 1.72. The third-order valence-corrected chi connectivity index (χ3v) is 6.22. The van der Waals surface area contributed by atoms with E-state index in [2.05, 4.69) is 34.3 Å². The Hall–Kier alpha value is -1.34. The first-order valence-corrected chi connectivity index (χ1v) is 11.8. The van der Waals surface area contributed by atoms with Gasteiger partial charge in [0.1, 0.15) is 0 Å². The summed E-state index contributed by atoms with van der Waals surface area (Å²) in [6.45, 7) is 11.3. The summed E-state index contributed by atoms with van der Waals surface area (Å²) >= 11 is 0. The highest BCUT2D eigenvalue weighted by atomic mass is 16.2. The first-order chi connectivity index (χ1) is 14.1. The van der Waals surface area contributed by atoms with E-state index in [1.54, 1.807) is 4.90 Å². The van der Waals surface area contributed by atoms with Crippen LogP contribution in [0.2, 0.25) is 0 Å². The zero-order valence-corrected chi connectivity index (χ0v) is 19.3. The van der Waals surface area contributed by atoms with Crippen molar-refractivity contribution in [2.24, 2.45) is 4.99 Å². The number of nitrogens with one attached hydrogen (secondary N) is 2. The number of carbonyl (C=O) groups is 1. The van der Waals surface area contributed by atoms with E-state index in [1.165, 1.54) is 32.2 Å². The normalized spacial score (nSPS) is 23.9. The Labute approximate surface area is 178 Å². The van der Waals surface area contributed by atoms with Gasteiger partial charge >= 0.3 is 0 Å². The van der Waals surface area contributed by atoms with Gasteiger partial charge in [-0.3, -0.25) is 19.6 Å². The highest BCUT2D eigenvalue weighted by Gasteiger charge is 2.30. The molecule has 0 saturated carbocycles. The molecule has 2 unspecified atom stereocenters. The molecule has 29 heavy (non-hydrogen) atoms. The van der Waals surface area contributed by atoms with E-state index >= 15 is 0 Å². The van der Waals surface area contributed by atoms with Crippen LogP contribution in [0, 0.1) is 0 Å². The van der Waals surface area contributed by atoms with Crippen LogP contribution < -0.4 is 10.6 Å². The van der Waals surface area contributed by atoms with Crippen molar-refractivity contribution in [1.82, 2.24) is 25.3 Å². The number of likely N-dealkylation sites (N-methyl/N-ethyl adjacent to an activating group) is 1. The maximum absolute atomic E-state index is 12.3. The minimum Gasteiger partial charge on any atom is -0.357 e. The molecule has 7 nitrogen and oxygen atoms in total. The number of piperidine rings is 1. The molecule has 0 spiro atoms. The van der Waals surface area contributed by atoms with Gasteiger partial charge in [-0.15, -0.1) is 0 Å². The second kappa shape index (κ2) is 13.1. The van der Waals surface area contributed by atoms with Crippen molar-refractivity contribution in [3.05, 3.63) is 0 Å². The second-order valence-electron chi connectivity index (χ2n) is 8.56. The van der Waals surface area contributed by atoms with E-state index in [0.717, 1.165) is 70.5 Å². The van der Waals surface area contributed by atoms with E-state index in [0.29, 0.717) is 0 Å². The van der Waals surface area contributed by atoms with Crippen molar-refractivity contribution in [2.45, 2.75) is 70.9 Å². The predicted octanol–water partition coefficient (Wildman–Crippen LogP) is 1.75. The molecule has 2 aliphatic rings. The van der Waals surface area contributed by atoms with Gasteiger partial charge in [0.2, 0.25) is 5.91 Å². The molecule has 0 radical (unpaired) electrons. The highest BCUT2D eigenvalue weighted by Crippen LogP contribution is 2.19. The highest BCUT2D eigenvalue weighted by molar-refractivity contribution is 5.81. The maximum Gasteiger partial charge on any atom is 0.239 e. The van der Waals surface area contributed by atoms with Gasteiger partial charge in [0, 0.05) is 52.9 Å². The number of rotatable bonds is 10. The Bertz CT molecular complexity index is 510. The zero-order chi connectivity index (χ0) is 21.1. The molecule has 1 amide bonds. The molecule has 2 aliphatic heterocycles. The molecule has 2 rings (SSSR count). The molecule has 2 atom stereocenters. The number of hydrogen-bond donors (Lipinski definition) is 2. The molecule has 2 saturated heterocycles. The van der Waals surface area contributed by atoms with Crippen LogP contribution in [0.25, 0.3) is 0 Å². The summed E-state index contributed by atoms with van der Waals surface area (Å²) in [5.41, 5.74) is 0. The molecular formula is C22H44N6O. The first-order valence-electron chi connectivity index (χ1n) is 11.8. The Morgan fingerprint density at radius 1 is 1.03 bits per heavy atom. The number of likely N-dealkylation sites (tertiary alicyclic amines) is 2. The zero-order valence-electron chi connectivity index (χ0n) is 19.3. The lowest BCUT2D eigenvalue weighted by atomic mass is 10.0. The van der Waals surface area contributed by atoms with Crippen LogP contribution in [0.15, 0.2) is 4.99 Å². The number of amides is 1. The Morgan fingerprint density at radius 2 is 1.83 bits per heavy atom. The van der Waals surface area contributed by atoms with Crippen molar-refractivity contribution in [3.63, 3.8) is 0 Å². The molecule has 0 bridgehead atoms. The van der Waals surface area contributed by atoms with Gasteiger partial charge in [-0.25, -0.2) is 0 Å². The average molecular weight is 409 g/mol. The molecule has 7 heteroatoms. The van der Waals surface area contributed by atoms with Gasteiger partial charge < -0.3 is 15.5 Å². The molecule has 0 aromatic heterocycles. The Morgan fingerprint density at radius 3 is 2.55 bits per heavy atom. The summed E-state index contributed by atoms with van der Waals surface area (Å²) in [6.07, 6.45) is 8.40. The minimum absolute atomic E-state index is 0.0661. The summed E-state index contributed by atoms with van der Waals surface area (Å²) in [6, 6.07) is 0.819. The number of carbonyl (C=O) groups excluding carboxylic acids is 1. The van der Waals surface area contributed by atoms with Gasteiger partial charge in [0.05, 0.1) is 6.04 Å². The van der Waals surface area contributed by atoms with Crippen molar-refractivity contribution in [1.29, 1.82) is 0 Å². The van der Waals surface area contributed by atoms with Crippen LogP contribution in [0.5, 0.6) is 0 Å². The number of aliphatic imine (C=N–C) groups is 1. The monoisotopic (exact) mass is 408 g/mol. The fourth-order valence-corrected chi connectivity index (χ4v) is 4.61. The lowest BCUT2D eigenvalue weighted by Crippen LogP contribution is -2.46. The van der Waals surface area contributed by atoms with Crippen LogP contribution in [0.4, 0.5) is 0 Å². The van der Waals surface area contributed by atoms with Crippen molar-refractivity contribution in [2.75, 3.05) is 59.9 Å². The Kier molecular flexibility index (Phi) is 10.8. The van der Waals surface area contributed by atoms with Crippen molar-refractivity contribution >= 4 is 11.9 Å². The van der Waals surface area contributed by atoms with Crippen LogP contribution in [0.3, 0.4) is 0 Å². The molecule has 0 aliphatic carbocycles. The van der Waals surface area contributed by atoms with Crippen LogP contribution in [0.1, 0.15) is 58.8 Å². The summed E-state index contributed by atoms with van der Waals surface area (Å²) < 4.78 is 0. The standard InChI is InChI=1S/C22H44N6O/c1-5-19-11-7-8-15-27(19)18-14-25-22(23-6-2)24-13-10-17-28-16-9-12-20(28)21(29)26(3)4/h19-20H,5-18H2,1-4H3,(H2,23,24,25). The van der Waals surface area contributed by atoms with E-state index in [-0.39, 0.29) is 11.9 Å². The van der Waals surface area contributed by atoms with Crippen molar-refractivity contribution in [3.8, 4) is 0 Å². The number of nitrogens with zero attached hydrogens (tertiary/aromatic N) is 4. The summed E-state index contributed by atoms with van der Waals surface area (Å²) in [7, 11) is 3.70. The van der Waals surface area contributed by atoms with Gasteiger partial charge in [-0.05, 0) is 58.5 Å². The van der Waals surface area contributed by atoms with Gasteiger partial charge in [0.25, 0.3) is 0 Å². The topological polar surface area (TPSA) is 63.2 Å². The third kappa shape index (κ3) is 7.78. The van der Waals surface area contributed by atoms with Gasteiger partial charge in [-0.1, -0.05) is 13.3 Å². The summed E-state index contributed by atoms with van der Waals surface area (Å²) in [5.74, 6) is 1.16. The van der Waals surface area contributed by atoms with E-state index in [1.807, 2.05) is 14.1 Å².